The number of nitriles is 2. The second-order valence-corrected chi connectivity index (χ2v) is 11.9. The number of nitrogens with zero attached hydrogens (tertiary/aromatic N) is 5. The number of carbonyl (C=O) groups excluding carboxylic acids is 3. The van der Waals surface area contributed by atoms with E-state index in [1.165, 1.54) is 4.90 Å². The Morgan fingerprint density at radius 2 is 1.79 bits per heavy atom. The molecule has 2 fully saturated rings. The van der Waals surface area contributed by atoms with Crippen LogP contribution in [0.15, 0.2) is 33.8 Å². The van der Waals surface area contributed by atoms with Crippen LogP contribution in [0.2, 0.25) is 0 Å². The highest BCUT2D eigenvalue weighted by molar-refractivity contribution is 9.10. The Bertz CT molecular complexity index is 1380. The first-order valence-corrected chi connectivity index (χ1v) is 14.7. The molecule has 202 valence electrons. The summed E-state index contributed by atoms with van der Waals surface area (Å²) in [5.74, 6) is -1.27. The molecule has 1 saturated carbocycles. The molecular formula is C28H29BrN6O3S. The molecule has 2 aromatic rings. The predicted molar refractivity (Wildman–Crippen MR) is 152 cm³/mol. The summed E-state index contributed by atoms with van der Waals surface area (Å²) in [6, 6.07) is 10.0. The Hall–Kier alpha value is -3.41. The van der Waals surface area contributed by atoms with Crippen molar-refractivity contribution in [2.75, 3.05) is 16.4 Å². The van der Waals surface area contributed by atoms with Gasteiger partial charge < -0.3 is 10.6 Å². The van der Waals surface area contributed by atoms with Gasteiger partial charge in [0.05, 0.1) is 29.0 Å². The molecule has 1 atom stereocenters. The Kier molecular flexibility index (Phi) is 8.94. The number of benzene rings is 1. The zero-order valence-corrected chi connectivity index (χ0v) is 24.2. The summed E-state index contributed by atoms with van der Waals surface area (Å²) < 4.78 is 0.826. The van der Waals surface area contributed by atoms with E-state index in [1.807, 2.05) is 19.9 Å². The molecule has 4 rings (SSSR count). The van der Waals surface area contributed by atoms with Crippen LogP contribution in [-0.2, 0) is 14.4 Å². The number of imide groups is 1. The second-order valence-electron chi connectivity index (χ2n) is 9.99. The molecule has 11 heteroatoms. The third kappa shape index (κ3) is 5.80. The van der Waals surface area contributed by atoms with Crippen molar-refractivity contribution in [3.05, 3.63) is 45.4 Å². The van der Waals surface area contributed by atoms with Gasteiger partial charge in [0.2, 0.25) is 11.8 Å². The lowest BCUT2D eigenvalue weighted by molar-refractivity contribution is -0.139. The Morgan fingerprint density at radius 3 is 2.38 bits per heavy atom. The fraction of sp³-hybridized carbons (Fsp3) is 0.429. The number of thioether (sulfide) groups is 1. The average Bonchev–Trinajstić information content (AvgIpc) is 3.21. The van der Waals surface area contributed by atoms with Crippen molar-refractivity contribution in [2.24, 2.45) is 0 Å². The van der Waals surface area contributed by atoms with Crippen molar-refractivity contribution < 1.29 is 14.4 Å². The van der Waals surface area contributed by atoms with Gasteiger partial charge in [-0.1, -0.05) is 60.8 Å². The van der Waals surface area contributed by atoms with Crippen molar-refractivity contribution in [2.45, 2.75) is 75.4 Å². The number of nitrogens with two attached hydrogens (primary N) is 1. The van der Waals surface area contributed by atoms with Gasteiger partial charge >= 0.3 is 0 Å². The summed E-state index contributed by atoms with van der Waals surface area (Å²) in [4.78, 5) is 47.4. The van der Waals surface area contributed by atoms with Crippen LogP contribution in [0.3, 0.4) is 0 Å². The van der Waals surface area contributed by atoms with Crippen LogP contribution in [-0.4, -0.2) is 45.4 Å². The maximum atomic E-state index is 13.8. The number of nitrogen functional groups attached to an aromatic ring is 1. The molecule has 2 N–H and O–H groups in total. The molecule has 2 heterocycles. The maximum absolute atomic E-state index is 13.8. The minimum atomic E-state index is -0.891. The van der Waals surface area contributed by atoms with Gasteiger partial charge in [-0.25, -0.2) is 9.88 Å². The number of halogens is 1. The monoisotopic (exact) mass is 608 g/mol. The SMILES string of the molecule is CC(C)c1c(C#N)c(N)nc(SCC(=O)N(C2CCCCC2)C2CC(=O)N(c3ccc(Br)cc3)C2=O)c1C#N. The highest BCUT2D eigenvalue weighted by Gasteiger charge is 2.46. The summed E-state index contributed by atoms with van der Waals surface area (Å²) >= 11 is 4.44. The summed E-state index contributed by atoms with van der Waals surface area (Å²) in [6.07, 6.45) is 4.39. The van der Waals surface area contributed by atoms with E-state index in [1.54, 1.807) is 29.2 Å². The summed E-state index contributed by atoms with van der Waals surface area (Å²) in [5.41, 5.74) is 7.42. The molecule has 1 unspecified atom stereocenters. The lowest BCUT2D eigenvalue weighted by Crippen LogP contribution is -2.52. The first kappa shape index (κ1) is 28.6. The lowest BCUT2D eigenvalue weighted by atomic mass is 9.92. The van der Waals surface area contributed by atoms with Crippen LogP contribution in [0.5, 0.6) is 0 Å². The van der Waals surface area contributed by atoms with Crippen LogP contribution in [0.25, 0.3) is 0 Å². The molecular weight excluding hydrogens is 580 g/mol. The van der Waals surface area contributed by atoms with Crippen molar-refractivity contribution in [1.82, 2.24) is 9.88 Å². The summed E-state index contributed by atoms with van der Waals surface area (Å²) in [5, 5.41) is 19.7. The van der Waals surface area contributed by atoms with Crippen LogP contribution < -0.4 is 10.6 Å². The zero-order valence-electron chi connectivity index (χ0n) is 21.8. The molecule has 1 aromatic carbocycles. The van der Waals surface area contributed by atoms with Crippen molar-refractivity contribution in [3.63, 3.8) is 0 Å². The number of aromatic nitrogens is 1. The van der Waals surface area contributed by atoms with E-state index in [9.17, 15) is 24.9 Å². The quantitative estimate of drug-likeness (QED) is 0.346. The highest BCUT2D eigenvalue weighted by atomic mass is 79.9. The highest BCUT2D eigenvalue weighted by Crippen LogP contribution is 2.35. The first-order chi connectivity index (χ1) is 18.7. The maximum Gasteiger partial charge on any atom is 0.257 e. The average molecular weight is 610 g/mol. The molecule has 1 aliphatic heterocycles. The number of hydrogen-bond acceptors (Lipinski definition) is 8. The Morgan fingerprint density at radius 1 is 1.15 bits per heavy atom. The second kappa shape index (κ2) is 12.2. The molecule has 3 amide bonds. The third-order valence-electron chi connectivity index (χ3n) is 7.16. The van der Waals surface area contributed by atoms with Gasteiger partial charge in [-0.05, 0) is 48.6 Å². The predicted octanol–water partition coefficient (Wildman–Crippen LogP) is 4.88. The van der Waals surface area contributed by atoms with Crippen LogP contribution in [0.1, 0.15) is 75.0 Å². The zero-order chi connectivity index (χ0) is 28.3. The fourth-order valence-corrected chi connectivity index (χ4v) is 6.53. The molecule has 1 aliphatic carbocycles. The largest absolute Gasteiger partial charge is 0.383 e. The van der Waals surface area contributed by atoms with Gasteiger partial charge in [-0.2, -0.15) is 10.5 Å². The van der Waals surface area contributed by atoms with Gasteiger partial charge in [0, 0.05) is 10.5 Å². The molecule has 9 nitrogen and oxygen atoms in total. The number of rotatable bonds is 7. The van der Waals surface area contributed by atoms with Crippen LogP contribution in [0.4, 0.5) is 11.5 Å². The topological polar surface area (TPSA) is 144 Å². The molecule has 0 spiro atoms. The van der Waals surface area contributed by atoms with Crippen LogP contribution >= 0.6 is 27.7 Å². The fourth-order valence-electron chi connectivity index (χ4n) is 5.40. The number of hydrogen-bond donors (Lipinski definition) is 1. The third-order valence-corrected chi connectivity index (χ3v) is 8.65. The molecule has 1 aromatic heterocycles. The number of carbonyl (C=O) groups is 3. The van der Waals surface area contributed by atoms with Crippen LogP contribution in [0, 0.1) is 22.7 Å². The van der Waals surface area contributed by atoms with Gasteiger partial charge in [-0.3, -0.25) is 14.4 Å². The number of amides is 3. The van der Waals surface area contributed by atoms with E-state index < -0.39 is 11.9 Å². The van der Waals surface area contributed by atoms with E-state index in [0.29, 0.717) is 11.3 Å². The van der Waals surface area contributed by atoms with E-state index in [4.69, 9.17) is 5.73 Å². The van der Waals surface area contributed by atoms with Crippen molar-refractivity contribution >= 4 is 56.9 Å². The van der Waals surface area contributed by atoms with Gasteiger partial charge in [-0.15, -0.1) is 0 Å². The standard InChI is InChI=1S/C28H29BrN6O3S/c1-16(2)25-20(13-30)26(32)33-27(21(25)14-31)39-15-24(37)34(18-6-4-3-5-7-18)22-12-23(36)35(28(22)38)19-10-8-17(29)9-11-19/h8-11,16,18,22H,3-7,12,15H2,1-2H3,(H2,32,33). The van der Waals surface area contributed by atoms with Gasteiger partial charge in [0.1, 0.15) is 29.0 Å². The minimum absolute atomic E-state index is 0.0148. The molecule has 39 heavy (non-hydrogen) atoms. The van der Waals surface area contributed by atoms with Gasteiger partial charge in [0.25, 0.3) is 5.91 Å². The van der Waals surface area contributed by atoms with E-state index in [-0.39, 0.29) is 57.9 Å². The van der Waals surface area contributed by atoms with E-state index in [2.05, 4.69) is 27.0 Å². The number of pyridine rings is 1. The van der Waals surface area contributed by atoms with E-state index in [0.717, 1.165) is 48.3 Å². The molecule has 1 saturated heterocycles. The first-order valence-electron chi connectivity index (χ1n) is 12.9. The molecule has 2 aliphatic rings. The molecule has 0 radical (unpaired) electrons. The Labute approximate surface area is 240 Å². The van der Waals surface area contributed by atoms with Crippen molar-refractivity contribution in [3.8, 4) is 12.1 Å². The van der Waals surface area contributed by atoms with Gasteiger partial charge in [0.15, 0.2) is 0 Å². The Balaban J connectivity index is 1.63. The van der Waals surface area contributed by atoms with E-state index >= 15 is 0 Å². The van der Waals surface area contributed by atoms with Crippen molar-refractivity contribution in [1.29, 1.82) is 10.5 Å². The molecule has 0 bridgehead atoms. The minimum Gasteiger partial charge on any atom is -0.383 e. The summed E-state index contributed by atoms with van der Waals surface area (Å²) in [7, 11) is 0. The smallest absolute Gasteiger partial charge is 0.257 e. The lowest BCUT2D eigenvalue weighted by Gasteiger charge is -2.37. The summed E-state index contributed by atoms with van der Waals surface area (Å²) in [6.45, 7) is 3.72. The normalized spacial score (nSPS) is 17.8. The number of anilines is 2.